The van der Waals surface area contributed by atoms with Crippen LogP contribution in [0.3, 0.4) is 0 Å². The van der Waals surface area contributed by atoms with Crippen LogP contribution in [0.25, 0.3) is 6.08 Å². The molecule has 0 saturated carbocycles. The van der Waals surface area contributed by atoms with Crippen molar-refractivity contribution in [1.82, 2.24) is 0 Å². The Morgan fingerprint density at radius 3 is 2.57 bits per heavy atom. The molecule has 0 aliphatic rings. The molecule has 0 amide bonds. The number of nitrogens with zero attached hydrogens (tertiary/aromatic N) is 1. The predicted molar refractivity (Wildman–Crippen MR) is 89.4 cm³/mol. The van der Waals surface area contributed by atoms with Gasteiger partial charge in [0.05, 0.1) is 6.26 Å². The van der Waals surface area contributed by atoms with Crippen LogP contribution in [-0.4, -0.2) is 5.71 Å². The quantitative estimate of drug-likeness (QED) is 0.659. The summed E-state index contributed by atoms with van der Waals surface area (Å²) in [5.41, 5.74) is 4.26. The normalized spacial score (nSPS) is 12.5. The van der Waals surface area contributed by atoms with Crippen molar-refractivity contribution in [2.75, 3.05) is 0 Å². The third-order valence-electron chi connectivity index (χ3n) is 3.30. The molecule has 1 aromatic carbocycles. The highest BCUT2D eigenvalue weighted by Gasteiger charge is 2.03. The third-order valence-corrected chi connectivity index (χ3v) is 3.30. The molecule has 21 heavy (non-hydrogen) atoms. The van der Waals surface area contributed by atoms with Crippen molar-refractivity contribution in [2.45, 2.75) is 26.7 Å². The van der Waals surface area contributed by atoms with Gasteiger partial charge in [0, 0.05) is 17.5 Å². The molecular weight excluding hydrogens is 258 g/mol. The molecular formula is C19H21NO. The van der Waals surface area contributed by atoms with Crippen molar-refractivity contribution >= 4 is 11.8 Å². The molecule has 108 valence electrons. The van der Waals surface area contributed by atoms with E-state index in [1.165, 1.54) is 5.56 Å². The number of aliphatic imine (C=N–C) groups is 1. The first-order chi connectivity index (χ1) is 10.2. The molecule has 0 spiro atoms. The summed E-state index contributed by atoms with van der Waals surface area (Å²) in [6.45, 7) is 8.25. The molecule has 1 aromatic heterocycles. The Morgan fingerprint density at radius 2 is 1.95 bits per heavy atom. The van der Waals surface area contributed by atoms with Gasteiger partial charge in [-0.15, -0.1) is 0 Å². The zero-order chi connectivity index (χ0) is 15.1. The van der Waals surface area contributed by atoms with E-state index in [1.54, 1.807) is 6.26 Å². The summed E-state index contributed by atoms with van der Waals surface area (Å²) < 4.78 is 5.34. The second-order valence-corrected chi connectivity index (χ2v) is 4.97. The van der Waals surface area contributed by atoms with E-state index in [-0.39, 0.29) is 0 Å². The molecule has 0 N–H and O–H groups in total. The van der Waals surface area contributed by atoms with Crippen molar-refractivity contribution in [3.63, 3.8) is 0 Å². The minimum absolute atomic E-state index is 0.827. The van der Waals surface area contributed by atoms with Crippen molar-refractivity contribution in [2.24, 2.45) is 4.99 Å². The number of hydrogen-bond donors (Lipinski definition) is 0. The van der Waals surface area contributed by atoms with Crippen LogP contribution in [0.1, 0.15) is 31.6 Å². The van der Waals surface area contributed by atoms with E-state index in [4.69, 9.17) is 4.42 Å². The fourth-order valence-electron chi connectivity index (χ4n) is 2.02. The van der Waals surface area contributed by atoms with Gasteiger partial charge in [-0.2, -0.15) is 0 Å². The van der Waals surface area contributed by atoms with E-state index < -0.39 is 0 Å². The smallest absolute Gasteiger partial charge is 0.128 e. The average molecular weight is 279 g/mol. The Bertz CT molecular complexity index is 633. The molecule has 2 nitrogen and oxygen atoms in total. The molecule has 1 heterocycles. The minimum Gasteiger partial charge on any atom is -0.465 e. The number of furan rings is 1. The summed E-state index contributed by atoms with van der Waals surface area (Å²) in [5.74, 6) is 0.831. The second-order valence-electron chi connectivity index (χ2n) is 4.97. The van der Waals surface area contributed by atoms with Gasteiger partial charge >= 0.3 is 0 Å². The molecule has 2 aromatic rings. The Kier molecular flexibility index (Phi) is 5.33. The van der Waals surface area contributed by atoms with E-state index in [0.717, 1.165) is 35.6 Å². The monoisotopic (exact) mass is 279 g/mol. The molecule has 0 unspecified atom stereocenters. The number of allylic oxidation sites excluding steroid dienone is 2. The summed E-state index contributed by atoms with van der Waals surface area (Å²) >= 11 is 0. The second kappa shape index (κ2) is 7.44. The lowest BCUT2D eigenvalue weighted by Gasteiger charge is -2.07. The molecule has 0 fully saturated rings. The molecule has 0 atom stereocenters. The lowest BCUT2D eigenvalue weighted by molar-refractivity contribution is 0.556. The van der Waals surface area contributed by atoms with Gasteiger partial charge in [0.25, 0.3) is 0 Å². The van der Waals surface area contributed by atoms with E-state index in [2.05, 4.69) is 30.6 Å². The summed E-state index contributed by atoms with van der Waals surface area (Å²) in [6, 6.07) is 14.1. The zero-order valence-electron chi connectivity index (χ0n) is 12.7. The highest BCUT2D eigenvalue weighted by Crippen LogP contribution is 2.14. The molecule has 0 bridgehead atoms. The molecule has 0 aliphatic heterocycles. The maximum Gasteiger partial charge on any atom is 0.128 e. The van der Waals surface area contributed by atoms with Crippen LogP contribution in [0.15, 0.2) is 76.0 Å². The number of hydrogen-bond acceptors (Lipinski definition) is 2. The van der Waals surface area contributed by atoms with E-state index in [9.17, 15) is 0 Å². The Morgan fingerprint density at radius 1 is 1.19 bits per heavy atom. The molecule has 0 aliphatic carbocycles. The van der Waals surface area contributed by atoms with Gasteiger partial charge in [0.2, 0.25) is 0 Å². The van der Waals surface area contributed by atoms with Gasteiger partial charge < -0.3 is 4.42 Å². The summed E-state index contributed by atoms with van der Waals surface area (Å²) in [7, 11) is 0. The highest BCUT2D eigenvalue weighted by atomic mass is 16.3. The zero-order valence-corrected chi connectivity index (χ0v) is 12.7. The maximum absolute atomic E-state index is 5.34. The first-order valence-electron chi connectivity index (χ1n) is 7.20. The lowest BCUT2D eigenvalue weighted by Crippen LogP contribution is -2.00. The number of benzene rings is 1. The van der Waals surface area contributed by atoms with Crippen LogP contribution in [-0.2, 0) is 6.42 Å². The van der Waals surface area contributed by atoms with Crippen molar-refractivity contribution in [1.29, 1.82) is 0 Å². The van der Waals surface area contributed by atoms with Gasteiger partial charge in [-0.25, -0.2) is 0 Å². The summed E-state index contributed by atoms with van der Waals surface area (Å²) in [4.78, 5) is 4.68. The molecule has 2 rings (SSSR count). The molecule has 0 radical (unpaired) electrons. The van der Waals surface area contributed by atoms with Crippen molar-refractivity contribution in [3.8, 4) is 0 Å². The van der Waals surface area contributed by atoms with Gasteiger partial charge in [-0.1, -0.05) is 43.8 Å². The van der Waals surface area contributed by atoms with Crippen LogP contribution in [0.5, 0.6) is 0 Å². The van der Waals surface area contributed by atoms with Crippen LogP contribution in [0.2, 0.25) is 0 Å². The van der Waals surface area contributed by atoms with Crippen LogP contribution in [0, 0.1) is 0 Å². The average Bonchev–Trinajstić information content (AvgIpc) is 3.00. The van der Waals surface area contributed by atoms with E-state index >= 15 is 0 Å². The van der Waals surface area contributed by atoms with Gasteiger partial charge in [0.15, 0.2) is 0 Å². The van der Waals surface area contributed by atoms with E-state index in [0.29, 0.717) is 0 Å². The molecule has 2 heteroatoms. The Labute approximate surface area is 126 Å². The van der Waals surface area contributed by atoms with Gasteiger partial charge in [-0.3, -0.25) is 4.99 Å². The Balaban J connectivity index is 2.10. The maximum atomic E-state index is 5.34. The van der Waals surface area contributed by atoms with Gasteiger partial charge in [0.1, 0.15) is 5.76 Å². The SMILES string of the molecule is C=C(Cc1ccccc1)C(C)=N/C(=C\c1ccco1)CC. The highest BCUT2D eigenvalue weighted by molar-refractivity contribution is 5.98. The lowest BCUT2D eigenvalue weighted by atomic mass is 10.0. The Hall–Kier alpha value is -2.35. The van der Waals surface area contributed by atoms with Crippen molar-refractivity contribution < 1.29 is 4.42 Å². The standard InChI is InChI=1S/C19H21NO/c1-4-18(14-19-11-8-12-21-19)20-16(3)15(2)13-17-9-6-5-7-10-17/h5-12,14H,2,4,13H2,1,3H3/b18-14-,20-16?. The largest absolute Gasteiger partial charge is 0.465 e. The molecule has 0 saturated heterocycles. The van der Waals surface area contributed by atoms with E-state index in [1.807, 2.05) is 43.3 Å². The first-order valence-corrected chi connectivity index (χ1v) is 7.20. The van der Waals surface area contributed by atoms with Crippen LogP contribution in [0.4, 0.5) is 0 Å². The van der Waals surface area contributed by atoms with Crippen LogP contribution >= 0.6 is 0 Å². The topological polar surface area (TPSA) is 25.5 Å². The number of rotatable bonds is 6. The fourth-order valence-corrected chi connectivity index (χ4v) is 2.02. The summed E-state index contributed by atoms with van der Waals surface area (Å²) in [6.07, 6.45) is 5.33. The third kappa shape index (κ3) is 4.60. The summed E-state index contributed by atoms with van der Waals surface area (Å²) in [5, 5.41) is 0. The predicted octanol–water partition coefficient (Wildman–Crippen LogP) is 5.29. The first kappa shape index (κ1) is 15.0. The van der Waals surface area contributed by atoms with Gasteiger partial charge in [-0.05, 0) is 43.0 Å². The minimum atomic E-state index is 0.827. The van der Waals surface area contributed by atoms with Crippen molar-refractivity contribution in [3.05, 3.63) is 77.9 Å². The fraction of sp³-hybridized carbons (Fsp3) is 0.211. The van der Waals surface area contributed by atoms with Crippen LogP contribution < -0.4 is 0 Å².